The number of benzene rings is 1. The van der Waals surface area contributed by atoms with Gasteiger partial charge in [-0.2, -0.15) is 8.75 Å². The molecule has 0 fully saturated rings. The maximum atomic E-state index is 10.3. The smallest absolute Gasteiger partial charge is 0.137 e. The second kappa shape index (κ2) is 3.04. The number of fused-ring (bicyclic) bond motifs is 1. The van der Waals surface area contributed by atoms with E-state index in [0.717, 1.165) is 11.7 Å². The van der Waals surface area contributed by atoms with Gasteiger partial charge in [-0.3, -0.25) is 10.7 Å². The first-order chi connectivity index (χ1) is 6.36. The molecule has 0 saturated heterocycles. The first kappa shape index (κ1) is 8.02. The summed E-state index contributed by atoms with van der Waals surface area (Å²) in [4.78, 5) is 10.3. The third kappa shape index (κ3) is 1.14. The first-order valence-electron chi connectivity index (χ1n) is 3.35. The molecule has 2 rings (SSSR count). The van der Waals surface area contributed by atoms with Gasteiger partial charge in [0.05, 0.1) is 17.4 Å². The lowest BCUT2D eigenvalue weighted by molar-refractivity contribution is 0.389. The molecule has 0 aliphatic rings. The summed E-state index contributed by atoms with van der Waals surface area (Å²) in [6, 6.07) is 2.98. The Morgan fingerprint density at radius 2 is 2.15 bits per heavy atom. The van der Waals surface area contributed by atoms with Gasteiger partial charge in [0, 0.05) is 0 Å². The van der Waals surface area contributed by atoms with Crippen molar-refractivity contribution < 1.29 is 5.21 Å². The number of aromatic nitrogens is 2. The molecular weight excluding hydrogens is 192 g/mol. The van der Waals surface area contributed by atoms with Gasteiger partial charge in [0.15, 0.2) is 0 Å². The summed E-state index contributed by atoms with van der Waals surface area (Å²) in [6.45, 7) is 0. The van der Waals surface area contributed by atoms with Gasteiger partial charge in [0.25, 0.3) is 0 Å². The van der Waals surface area contributed by atoms with Gasteiger partial charge in [-0.15, -0.1) is 4.91 Å². The minimum absolute atomic E-state index is 0.225. The second-order valence-electron chi connectivity index (χ2n) is 2.30. The van der Waals surface area contributed by atoms with Crippen LogP contribution in [0.3, 0.4) is 0 Å². The molecule has 0 atom stereocenters. The van der Waals surface area contributed by atoms with Crippen LogP contribution in [0.2, 0.25) is 0 Å². The zero-order valence-electron chi connectivity index (χ0n) is 6.26. The predicted octanol–water partition coefficient (Wildman–Crippen LogP) is 1.89. The Bertz CT molecular complexity index is 455. The Morgan fingerprint density at radius 1 is 1.38 bits per heavy atom. The van der Waals surface area contributed by atoms with Crippen molar-refractivity contribution >= 4 is 34.1 Å². The van der Waals surface area contributed by atoms with Gasteiger partial charge in [-0.25, -0.2) is 0 Å². The molecule has 6 nitrogen and oxygen atoms in total. The molecule has 7 heteroatoms. The van der Waals surface area contributed by atoms with Gasteiger partial charge < -0.3 is 0 Å². The highest BCUT2D eigenvalue weighted by molar-refractivity contribution is 7.00. The fourth-order valence-corrected chi connectivity index (χ4v) is 1.59. The molecule has 0 saturated carbocycles. The van der Waals surface area contributed by atoms with Crippen LogP contribution < -0.4 is 5.48 Å². The van der Waals surface area contributed by atoms with Crippen LogP contribution in [-0.4, -0.2) is 14.0 Å². The highest BCUT2D eigenvalue weighted by Crippen LogP contribution is 2.29. The molecule has 66 valence electrons. The minimum atomic E-state index is 0.225. The lowest BCUT2D eigenvalue weighted by atomic mass is 10.2. The number of hydrogen-bond donors (Lipinski definition) is 2. The predicted molar refractivity (Wildman–Crippen MR) is 48.3 cm³/mol. The van der Waals surface area contributed by atoms with Crippen molar-refractivity contribution in [1.82, 2.24) is 8.75 Å². The molecule has 1 heterocycles. The topological polar surface area (TPSA) is 87.5 Å². The number of nitrogens with zero attached hydrogens (tertiary/aromatic N) is 3. The first-order valence-corrected chi connectivity index (χ1v) is 4.08. The molecule has 0 aliphatic heterocycles. The van der Waals surface area contributed by atoms with Crippen LogP contribution in [0, 0.1) is 4.91 Å². The molecule has 0 aliphatic carbocycles. The van der Waals surface area contributed by atoms with E-state index in [1.165, 1.54) is 12.1 Å². The van der Waals surface area contributed by atoms with Crippen molar-refractivity contribution in [1.29, 1.82) is 0 Å². The Kier molecular flexibility index (Phi) is 1.87. The Morgan fingerprint density at radius 3 is 2.85 bits per heavy atom. The van der Waals surface area contributed by atoms with E-state index in [0.29, 0.717) is 16.7 Å². The maximum absolute atomic E-state index is 10.3. The van der Waals surface area contributed by atoms with Gasteiger partial charge in [-0.05, 0) is 17.3 Å². The zero-order chi connectivity index (χ0) is 9.26. The molecule has 1 aromatic carbocycles. The van der Waals surface area contributed by atoms with Crippen molar-refractivity contribution in [2.45, 2.75) is 0 Å². The summed E-state index contributed by atoms with van der Waals surface area (Å²) in [5.74, 6) is 0. The summed E-state index contributed by atoms with van der Waals surface area (Å²) in [7, 11) is 0. The molecular formula is C6H4N4O2S. The van der Waals surface area contributed by atoms with Crippen molar-refractivity contribution in [2.75, 3.05) is 5.48 Å². The Labute approximate surface area is 76.5 Å². The molecule has 13 heavy (non-hydrogen) atoms. The lowest BCUT2D eigenvalue weighted by Crippen LogP contribution is -1.89. The standard InChI is InChI=1S/C6H4N4O2S/c11-7-3-1-2-4(8-12)6-5(3)9-13-10-6/h1-2,7,11H. The van der Waals surface area contributed by atoms with E-state index < -0.39 is 0 Å². The number of rotatable bonds is 2. The Hall–Kier alpha value is -1.60. The molecule has 0 amide bonds. The molecule has 0 radical (unpaired) electrons. The molecule has 2 N–H and O–H groups in total. The number of anilines is 1. The van der Waals surface area contributed by atoms with Crippen molar-refractivity contribution in [2.24, 2.45) is 5.18 Å². The molecule has 0 spiro atoms. The van der Waals surface area contributed by atoms with Crippen LogP contribution in [0.1, 0.15) is 0 Å². The third-order valence-corrected chi connectivity index (χ3v) is 2.14. The summed E-state index contributed by atoms with van der Waals surface area (Å²) < 4.78 is 7.79. The van der Waals surface area contributed by atoms with E-state index in [2.05, 4.69) is 13.9 Å². The van der Waals surface area contributed by atoms with Crippen LogP contribution in [-0.2, 0) is 0 Å². The number of nitroso groups, excluding NO2 is 1. The van der Waals surface area contributed by atoms with Gasteiger partial charge in [-0.1, -0.05) is 0 Å². The van der Waals surface area contributed by atoms with E-state index in [9.17, 15) is 4.91 Å². The quantitative estimate of drug-likeness (QED) is 0.565. The number of nitrogens with one attached hydrogen (secondary N) is 1. The monoisotopic (exact) mass is 196 g/mol. The van der Waals surface area contributed by atoms with Gasteiger partial charge >= 0.3 is 0 Å². The summed E-state index contributed by atoms with van der Waals surface area (Å²) in [6.07, 6.45) is 0. The van der Waals surface area contributed by atoms with Gasteiger partial charge in [0.1, 0.15) is 16.7 Å². The highest BCUT2D eigenvalue weighted by atomic mass is 32.1. The maximum Gasteiger partial charge on any atom is 0.137 e. The molecule has 1 aromatic heterocycles. The Balaban J connectivity index is 2.81. The van der Waals surface area contributed by atoms with E-state index in [1.54, 1.807) is 0 Å². The number of hydrogen-bond acceptors (Lipinski definition) is 7. The van der Waals surface area contributed by atoms with Crippen LogP contribution in [0.25, 0.3) is 11.0 Å². The lowest BCUT2D eigenvalue weighted by Gasteiger charge is -1.98. The SMILES string of the molecule is O=Nc1ccc(NO)c2nsnc12. The average molecular weight is 196 g/mol. The third-order valence-electron chi connectivity index (χ3n) is 1.61. The fourth-order valence-electron chi connectivity index (χ4n) is 1.02. The molecule has 0 bridgehead atoms. The average Bonchev–Trinajstić information content (AvgIpc) is 2.64. The van der Waals surface area contributed by atoms with Crippen molar-refractivity contribution in [3.63, 3.8) is 0 Å². The van der Waals surface area contributed by atoms with E-state index >= 15 is 0 Å². The molecule has 2 aromatic rings. The van der Waals surface area contributed by atoms with E-state index in [1.807, 2.05) is 5.48 Å². The zero-order valence-corrected chi connectivity index (χ0v) is 7.08. The largest absolute Gasteiger partial charge is 0.291 e. The van der Waals surface area contributed by atoms with E-state index in [4.69, 9.17) is 5.21 Å². The van der Waals surface area contributed by atoms with Crippen LogP contribution >= 0.6 is 11.7 Å². The summed E-state index contributed by atoms with van der Waals surface area (Å²) in [5, 5.41) is 11.5. The minimum Gasteiger partial charge on any atom is -0.291 e. The normalized spacial score (nSPS) is 10.2. The van der Waals surface area contributed by atoms with Crippen LogP contribution in [0.15, 0.2) is 17.3 Å². The summed E-state index contributed by atoms with van der Waals surface area (Å²) in [5.41, 5.74) is 3.46. The van der Waals surface area contributed by atoms with Crippen LogP contribution in [0.4, 0.5) is 11.4 Å². The van der Waals surface area contributed by atoms with Gasteiger partial charge in [0.2, 0.25) is 0 Å². The molecule has 0 unspecified atom stereocenters. The van der Waals surface area contributed by atoms with E-state index in [-0.39, 0.29) is 5.69 Å². The fraction of sp³-hybridized carbons (Fsp3) is 0. The highest BCUT2D eigenvalue weighted by Gasteiger charge is 2.09. The summed E-state index contributed by atoms with van der Waals surface area (Å²) >= 11 is 0.962. The van der Waals surface area contributed by atoms with Crippen LogP contribution in [0.5, 0.6) is 0 Å². The second-order valence-corrected chi connectivity index (χ2v) is 2.83. The van der Waals surface area contributed by atoms with Crippen molar-refractivity contribution in [3.05, 3.63) is 17.0 Å². The van der Waals surface area contributed by atoms with Crippen molar-refractivity contribution in [3.8, 4) is 0 Å².